The molecular weight excluding hydrogens is 454 g/mol. The first-order valence-corrected chi connectivity index (χ1v) is 11.3. The molecule has 0 radical (unpaired) electrons. The second-order valence-electron chi connectivity index (χ2n) is 8.41. The van der Waals surface area contributed by atoms with E-state index in [1.807, 2.05) is 60.7 Å². The molecule has 1 aliphatic rings. The van der Waals surface area contributed by atoms with Crippen LogP contribution in [0, 0.1) is 11.6 Å². The summed E-state index contributed by atoms with van der Waals surface area (Å²) < 4.78 is 40.5. The van der Waals surface area contributed by atoms with E-state index < -0.39 is 52.9 Å². The maximum atomic E-state index is 15.1. The van der Waals surface area contributed by atoms with Crippen LogP contribution in [0.3, 0.4) is 0 Å². The van der Waals surface area contributed by atoms with E-state index in [9.17, 15) is 18.8 Å². The molecule has 3 aromatic rings. The van der Waals surface area contributed by atoms with Crippen molar-refractivity contribution in [1.82, 2.24) is 0 Å². The first-order valence-electron chi connectivity index (χ1n) is 11.3. The van der Waals surface area contributed by atoms with Gasteiger partial charge in [-0.05, 0) is 43.0 Å². The Morgan fingerprint density at radius 1 is 0.886 bits per heavy atom. The van der Waals surface area contributed by atoms with E-state index in [4.69, 9.17) is 9.47 Å². The van der Waals surface area contributed by atoms with E-state index in [0.717, 1.165) is 23.3 Å². The standard InChI is InChI=1S/C28H24F2O5/c1-2-34-25(32)17-24(31)20-15-23(30)21(16-22(20)29)28(13-14-28)27(33)35-26(18-9-5-3-6-10-18)19-11-7-4-8-12-19/h3-12,15-16,26H,2,13-14,17H2,1H3. The maximum absolute atomic E-state index is 15.1. The summed E-state index contributed by atoms with van der Waals surface area (Å²) in [5.41, 5.74) is -0.568. The molecule has 0 aromatic heterocycles. The Kier molecular flexibility index (Phi) is 7.05. The fraction of sp³-hybridized carbons (Fsp3) is 0.250. The number of carbonyl (C=O) groups is 3. The summed E-state index contributed by atoms with van der Waals surface area (Å²) in [6.07, 6.45) is -0.851. The molecule has 7 heteroatoms. The normalized spacial score (nSPS) is 13.8. The van der Waals surface area contributed by atoms with Crippen molar-refractivity contribution in [3.05, 3.63) is 107 Å². The van der Waals surface area contributed by atoms with Gasteiger partial charge in [-0.2, -0.15) is 0 Å². The van der Waals surface area contributed by atoms with E-state index in [2.05, 4.69) is 0 Å². The monoisotopic (exact) mass is 478 g/mol. The van der Waals surface area contributed by atoms with Crippen LogP contribution in [0.25, 0.3) is 0 Å². The van der Waals surface area contributed by atoms with Gasteiger partial charge in [-0.15, -0.1) is 0 Å². The smallest absolute Gasteiger partial charge is 0.317 e. The summed E-state index contributed by atoms with van der Waals surface area (Å²) in [5.74, 6) is -4.29. The zero-order valence-electron chi connectivity index (χ0n) is 19.1. The number of benzene rings is 3. The van der Waals surface area contributed by atoms with Crippen LogP contribution in [0.2, 0.25) is 0 Å². The average molecular weight is 478 g/mol. The fourth-order valence-corrected chi connectivity index (χ4v) is 4.08. The molecule has 1 aliphatic carbocycles. The van der Waals surface area contributed by atoms with Crippen LogP contribution in [0.1, 0.15) is 59.3 Å². The molecule has 0 N–H and O–H groups in total. The van der Waals surface area contributed by atoms with Crippen LogP contribution < -0.4 is 0 Å². The van der Waals surface area contributed by atoms with Gasteiger partial charge in [0.15, 0.2) is 11.9 Å². The molecule has 0 unspecified atom stereocenters. The van der Waals surface area contributed by atoms with Crippen molar-refractivity contribution in [2.75, 3.05) is 6.61 Å². The van der Waals surface area contributed by atoms with Crippen molar-refractivity contribution < 1.29 is 32.6 Å². The van der Waals surface area contributed by atoms with E-state index in [1.54, 1.807) is 6.92 Å². The minimum absolute atomic E-state index is 0.0689. The number of esters is 2. The number of hydrogen-bond donors (Lipinski definition) is 0. The van der Waals surface area contributed by atoms with Crippen LogP contribution >= 0.6 is 0 Å². The van der Waals surface area contributed by atoms with Crippen LogP contribution in [0.4, 0.5) is 8.78 Å². The Labute approximate surface area is 201 Å². The predicted molar refractivity (Wildman–Crippen MR) is 124 cm³/mol. The molecule has 180 valence electrons. The van der Waals surface area contributed by atoms with Gasteiger partial charge in [0.2, 0.25) is 0 Å². The number of halogens is 2. The summed E-state index contributed by atoms with van der Waals surface area (Å²) in [6, 6.07) is 19.9. The molecule has 0 heterocycles. The molecular formula is C28H24F2O5. The average Bonchev–Trinajstić information content (AvgIpc) is 3.66. The van der Waals surface area contributed by atoms with Crippen LogP contribution in [0.5, 0.6) is 0 Å². The summed E-state index contributed by atoms with van der Waals surface area (Å²) in [6.45, 7) is 1.64. The predicted octanol–water partition coefficient (Wildman–Crippen LogP) is 5.47. The summed E-state index contributed by atoms with van der Waals surface area (Å²) in [7, 11) is 0. The third kappa shape index (κ3) is 5.14. The SMILES string of the molecule is CCOC(=O)CC(=O)c1cc(F)c(C2(C(=O)OC(c3ccccc3)c3ccccc3)CC2)cc1F. The molecule has 0 spiro atoms. The highest BCUT2D eigenvalue weighted by Gasteiger charge is 2.55. The van der Waals surface area contributed by atoms with Crippen LogP contribution in [-0.4, -0.2) is 24.3 Å². The number of Topliss-reactive ketones (excluding diaryl/α,β-unsaturated/α-hetero) is 1. The lowest BCUT2D eigenvalue weighted by atomic mass is 9.92. The second kappa shape index (κ2) is 10.2. The van der Waals surface area contributed by atoms with E-state index >= 15 is 4.39 Å². The van der Waals surface area contributed by atoms with Gasteiger partial charge in [-0.3, -0.25) is 14.4 Å². The summed E-state index contributed by atoms with van der Waals surface area (Å²) >= 11 is 0. The molecule has 35 heavy (non-hydrogen) atoms. The molecule has 5 nitrogen and oxygen atoms in total. The maximum Gasteiger partial charge on any atom is 0.317 e. The molecule has 0 atom stereocenters. The first kappa shape index (κ1) is 24.3. The van der Waals surface area contributed by atoms with E-state index in [1.165, 1.54) is 0 Å². The Bertz CT molecular complexity index is 1200. The van der Waals surface area contributed by atoms with Gasteiger partial charge in [0, 0.05) is 5.56 Å². The molecule has 1 fully saturated rings. The van der Waals surface area contributed by atoms with Crippen molar-refractivity contribution >= 4 is 17.7 Å². The Balaban J connectivity index is 1.61. The summed E-state index contributed by atoms with van der Waals surface area (Å²) in [4.78, 5) is 37.2. The summed E-state index contributed by atoms with van der Waals surface area (Å²) in [5, 5.41) is 0. The fourth-order valence-electron chi connectivity index (χ4n) is 4.08. The van der Waals surface area contributed by atoms with Gasteiger partial charge in [0.1, 0.15) is 18.1 Å². The number of hydrogen-bond acceptors (Lipinski definition) is 5. The van der Waals surface area contributed by atoms with Gasteiger partial charge in [0.05, 0.1) is 17.6 Å². The third-order valence-electron chi connectivity index (χ3n) is 6.05. The van der Waals surface area contributed by atoms with Gasteiger partial charge in [0.25, 0.3) is 0 Å². The minimum Gasteiger partial charge on any atom is -0.466 e. The molecule has 3 aromatic carbocycles. The zero-order valence-corrected chi connectivity index (χ0v) is 19.1. The van der Waals surface area contributed by atoms with E-state index in [0.29, 0.717) is 0 Å². The molecule has 0 amide bonds. The van der Waals surface area contributed by atoms with Gasteiger partial charge >= 0.3 is 11.9 Å². The second-order valence-corrected chi connectivity index (χ2v) is 8.41. The van der Waals surface area contributed by atoms with Gasteiger partial charge in [-0.25, -0.2) is 8.78 Å². The Morgan fingerprint density at radius 2 is 1.46 bits per heavy atom. The highest BCUT2D eigenvalue weighted by Crippen LogP contribution is 2.51. The van der Waals surface area contributed by atoms with Crippen LogP contribution in [0.15, 0.2) is 72.8 Å². The van der Waals surface area contributed by atoms with E-state index in [-0.39, 0.29) is 25.0 Å². The van der Waals surface area contributed by atoms with Crippen molar-refractivity contribution in [2.45, 2.75) is 37.7 Å². The van der Waals surface area contributed by atoms with Gasteiger partial charge in [-0.1, -0.05) is 60.7 Å². The molecule has 0 saturated heterocycles. The highest BCUT2D eigenvalue weighted by molar-refractivity contribution is 6.06. The number of ether oxygens (including phenoxy) is 2. The number of carbonyl (C=O) groups excluding carboxylic acids is 3. The largest absolute Gasteiger partial charge is 0.466 e. The van der Waals surface area contributed by atoms with Crippen molar-refractivity contribution in [2.24, 2.45) is 0 Å². The first-order chi connectivity index (χ1) is 16.9. The lowest BCUT2D eigenvalue weighted by Crippen LogP contribution is -2.27. The molecule has 4 rings (SSSR count). The number of rotatable bonds is 9. The van der Waals surface area contributed by atoms with Crippen molar-refractivity contribution in [1.29, 1.82) is 0 Å². The zero-order chi connectivity index (χ0) is 25.0. The molecule has 0 aliphatic heterocycles. The highest BCUT2D eigenvalue weighted by atomic mass is 19.1. The topological polar surface area (TPSA) is 69.7 Å². The van der Waals surface area contributed by atoms with Crippen molar-refractivity contribution in [3.8, 4) is 0 Å². The lowest BCUT2D eigenvalue weighted by Gasteiger charge is -2.23. The Morgan fingerprint density at radius 3 is 1.97 bits per heavy atom. The molecule has 0 bridgehead atoms. The Hall–Kier alpha value is -3.87. The van der Waals surface area contributed by atoms with Crippen LogP contribution in [-0.2, 0) is 24.5 Å². The quantitative estimate of drug-likeness (QED) is 0.232. The number of ketones is 1. The molecule has 1 saturated carbocycles. The lowest BCUT2D eigenvalue weighted by molar-refractivity contribution is -0.151. The van der Waals surface area contributed by atoms with Crippen molar-refractivity contribution in [3.63, 3.8) is 0 Å². The third-order valence-corrected chi connectivity index (χ3v) is 6.05. The minimum atomic E-state index is -1.34. The van der Waals surface area contributed by atoms with Gasteiger partial charge < -0.3 is 9.47 Å².